The van der Waals surface area contributed by atoms with Gasteiger partial charge < -0.3 is 19.9 Å². The van der Waals surface area contributed by atoms with Crippen LogP contribution in [-0.4, -0.2) is 24.8 Å². The molecule has 0 saturated carbocycles. The van der Waals surface area contributed by atoms with Crippen LogP contribution >= 0.6 is 0 Å². The number of aliphatic hydroxyl groups is 1. The third-order valence-electron chi connectivity index (χ3n) is 2.21. The molecule has 0 saturated heterocycles. The lowest BCUT2D eigenvalue weighted by Gasteiger charge is -2.13. The van der Waals surface area contributed by atoms with E-state index < -0.39 is 5.97 Å². The molecule has 0 heterocycles. The molecule has 0 atom stereocenters. The zero-order chi connectivity index (χ0) is 13.5. The van der Waals surface area contributed by atoms with E-state index in [9.17, 15) is 9.90 Å². The number of para-hydroxylation sites is 2. The first kappa shape index (κ1) is 13.9. The highest BCUT2D eigenvalue weighted by Gasteiger charge is 2.16. The lowest BCUT2D eigenvalue weighted by molar-refractivity contribution is -0.138. The Hall–Kier alpha value is -2.17. The molecule has 0 radical (unpaired) electrons. The minimum atomic E-state index is -0.608. The molecule has 0 aliphatic carbocycles. The summed E-state index contributed by atoms with van der Waals surface area (Å²) in [6.07, 6.45) is 0. The summed E-state index contributed by atoms with van der Waals surface area (Å²) in [6.45, 7) is 3.35. The number of ether oxygens (including phenoxy) is 2. The smallest absolute Gasteiger partial charge is 0.358 e. The number of anilines is 1. The Kier molecular flexibility index (Phi) is 5.05. The molecule has 0 aliphatic rings. The monoisotopic (exact) mass is 251 g/mol. The van der Waals surface area contributed by atoms with Crippen molar-refractivity contribution in [2.75, 3.05) is 19.0 Å². The summed E-state index contributed by atoms with van der Waals surface area (Å²) in [7, 11) is 1.53. The van der Waals surface area contributed by atoms with Gasteiger partial charge in [0.25, 0.3) is 0 Å². The third-order valence-corrected chi connectivity index (χ3v) is 2.21. The van der Waals surface area contributed by atoms with Gasteiger partial charge in [-0.1, -0.05) is 12.1 Å². The second-order valence-corrected chi connectivity index (χ2v) is 3.51. The van der Waals surface area contributed by atoms with Crippen molar-refractivity contribution in [2.24, 2.45) is 0 Å². The van der Waals surface area contributed by atoms with E-state index in [0.29, 0.717) is 11.4 Å². The number of aliphatic hydroxyl groups excluding tert-OH is 1. The maximum atomic E-state index is 11.6. The van der Waals surface area contributed by atoms with Crippen molar-refractivity contribution in [3.63, 3.8) is 0 Å². The van der Waals surface area contributed by atoms with Crippen LogP contribution < -0.4 is 10.1 Å². The number of esters is 1. The van der Waals surface area contributed by atoms with Crippen LogP contribution in [0.4, 0.5) is 5.69 Å². The number of rotatable bonds is 5. The summed E-state index contributed by atoms with van der Waals surface area (Å²) in [4.78, 5) is 11.6. The topological polar surface area (TPSA) is 67.8 Å². The fourth-order valence-corrected chi connectivity index (χ4v) is 1.38. The predicted molar refractivity (Wildman–Crippen MR) is 68.6 cm³/mol. The normalized spacial score (nSPS) is 11.5. The highest BCUT2D eigenvalue weighted by atomic mass is 16.5. The number of nitrogens with one attached hydrogen (secondary N) is 1. The van der Waals surface area contributed by atoms with Gasteiger partial charge in [0.1, 0.15) is 11.5 Å². The summed E-state index contributed by atoms with van der Waals surface area (Å²) in [5, 5.41) is 12.3. The number of carbonyl (C=O) groups is 1. The second kappa shape index (κ2) is 6.54. The van der Waals surface area contributed by atoms with E-state index in [1.54, 1.807) is 25.1 Å². The van der Waals surface area contributed by atoms with Gasteiger partial charge in [-0.2, -0.15) is 0 Å². The minimum Gasteiger partial charge on any atom is -0.510 e. The molecule has 1 rings (SSSR count). The van der Waals surface area contributed by atoms with Gasteiger partial charge in [-0.25, -0.2) is 4.79 Å². The highest BCUT2D eigenvalue weighted by Crippen LogP contribution is 2.25. The van der Waals surface area contributed by atoms with E-state index >= 15 is 0 Å². The van der Waals surface area contributed by atoms with Crippen molar-refractivity contribution in [3.8, 4) is 5.75 Å². The lowest BCUT2D eigenvalue weighted by atomic mass is 10.2. The van der Waals surface area contributed by atoms with Crippen LogP contribution in [0.2, 0.25) is 0 Å². The number of hydrogen-bond donors (Lipinski definition) is 2. The van der Waals surface area contributed by atoms with Gasteiger partial charge in [0.2, 0.25) is 0 Å². The summed E-state index contributed by atoms with van der Waals surface area (Å²) in [5.41, 5.74) is 0.581. The quantitative estimate of drug-likeness (QED) is 0.478. The zero-order valence-electron chi connectivity index (χ0n) is 10.7. The fraction of sp³-hybridized carbons (Fsp3) is 0.308. The van der Waals surface area contributed by atoms with Crippen LogP contribution in [0.3, 0.4) is 0 Å². The molecule has 0 aliphatic heterocycles. The number of allylic oxidation sites excluding steroid dienone is 1. The van der Waals surface area contributed by atoms with Crippen LogP contribution in [0.25, 0.3) is 0 Å². The van der Waals surface area contributed by atoms with Crippen LogP contribution in [-0.2, 0) is 9.53 Å². The molecular weight excluding hydrogens is 234 g/mol. The Morgan fingerprint density at radius 2 is 2.06 bits per heavy atom. The first-order valence-electron chi connectivity index (χ1n) is 5.57. The molecule has 0 fully saturated rings. The number of hydrogen-bond acceptors (Lipinski definition) is 5. The fourth-order valence-electron chi connectivity index (χ4n) is 1.38. The Bertz CT molecular complexity index is 450. The van der Waals surface area contributed by atoms with E-state index in [0.717, 1.165) is 0 Å². The first-order valence-corrected chi connectivity index (χ1v) is 5.57. The summed E-state index contributed by atoms with van der Waals surface area (Å²) in [5.74, 6) is -0.177. The average Bonchev–Trinajstić information content (AvgIpc) is 2.36. The number of benzene rings is 1. The Morgan fingerprint density at radius 3 is 2.61 bits per heavy atom. The third kappa shape index (κ3) is 3.41. The summed E-state index contributed by atoms with van der Waals surface area (Å²) >= 11 is 0. The van der Waals surface area contributed by atoms with Gasteiger partial charge in [-0.15, -0.1) is 0 Å². The summed E-state index contributed by atoms with van der Waals surface area (Å²) in [6, 6.07) is 7.09. The van der Waals surface area contributed by atoms with Crippen molar-refractivity contribution >= 4 is 11.7 Å². The molecule has 2 N–H and O–H groups in total. The molecule has 1 aromatic rings. The van der Waals surface area contributed by atoms with Gasteiger partial charge in [0.05, 0.1) is 19.4 Å². The Labute approximate surface area is 106 Å². The van der Waals surface area contributed by atoms with Gasteiger partial charge in [-0.05, 0) is 26.0 Å². The maximum absolute atomic E-state index is 11.6. The molecule has 0 aromatic heterocycles. The van der Waals surface area contributed by atoms with Gasteiger partial charge in [0.15, 0.2) is 5.70 Å². The lowest BCUT2D eigenvalue weighted by Crippen LogP contribution is -2.17. The maximum Gasteiger partial charge on any atom is 0.358 e. The Balaban J connectivity index is 2.98. The van der Waals surface area contributed by atoms with Crippen molar-refractivity contribution in [2.45, 2.75) is 13.8 Å². The Morgan fingerprint density at radius 1 is 1.39 bits per heavy atom. The molecule has 98 valence electrons. The van der Waals surface area contributed by atoms with Crippen LogP contribution in [0, 0.1) is 0 Å². The molecule has 0 amide bonds. The molecule has 5 heteroatoms. The highest BCUT2D eigenvalue weighted by molar-refractivity contribution is 5.92. The van der Waals surface area contributed by atoms with E-state index in [4.69, 9.17) is 9.47 Å². The predicted octanol–water partition coefficient (Wildman–Crippen LogP) is 2.46. The molecule has 5 nitrogen and oxygen atoms in total. The van der Waals surface area contributed by atoms with Crippen LogP contribution in [0.15, 0.2) is 35.7 Å². The van der Waals surface area contributed by atoms with Gasteiger partial charge in [0, 0.05) is 0 Å². The van der Waals surface area contributed by atoms with Crippen LogP contribution in [0.1, 0.15) is 13.8 Å². The average molecular weight is 251 g/mol. The molecule has 0 unspecified atom stereocenters. The number of carbonyl (C=O) groups excluding carboxylic acids is 1. The number of methoxy groups -OCH3 is 1. The van der Waals surface area contributed by atoms with Crippen LogP contribution in [0.5, 0.6) is 5.75 Å². The SMILES string of the molecule is CCOC(=O)/C(Nc1ccccc1OC)=C(\C)O. The van der Waals surface area contributed by atoms with Crippen molar-refractivity contribution in [1.29, 1.82) is 0 Å². The van der Waals surface area contributed by atoms with Gasteiger partial charge >= 0.3 is 5.97 Å². The zero-order valence-corrected chi connectivity index (χ0v) is 10.7. The van der Waals surface area contributed by atoms with E-state index in [1.807, 2.05) is 6.07 Å². The van der Waals surface area contributed by atoms with E-state index in [1.165, 1.54) is 14.0 Å². The van der Waals surface area contributed by atoms with Crippen molar-refractivity contribution < 1.29 is 19.4 Å². The molecule has 18 heavy (non-hydrogen) atoms. The van der Waals surface area contributed by atoms with Crippen molar-refractivity contribution in [1.82, 2.24) is 0 Å². The molecule has 0 bridgehead atoms. The van der Waals surface area contributed by atoms with Gasteiger partial charge in [-0.3, -0.25) is 0 Å². The van der Waals surface area contributed by atoms with Crippen molar-refractivity contribution in [3.05, 3.63) is 35.7 Å². The van der Waals surface area contributed by atoms with E-state index in [-0.39, 0.29) is 18.1 Å². The first-order chi connectivity index (χ1) is 8.60. The molecular formula is C13H17NO4. The minimum absolute atomic E-state index is 0.00125. The summed E-state index contributed by atoms with van der Waals surface area (Å²) < 4.78 is 10.00. The largest absolute Gasteiger partial charge is 0.510 e. The molecule has 1 aromatic carbocycles. The molecule has 0 spiro atoms. The standard InChI is InChI=1S/C13H17NO4/c1-4-18-13(16)12(9(2)15)14-10-7-5-6-8-11(10)17-3/h5-8,14-15H,4H2,1-3H3/b12-9-. The second-order valence-electron chi connectivity index (χ2n) is 3.51. The van der Waals surface area contributed by atoms with E-state index in [2.05, 4.69) is 5.32 Å².